The monoisotopic (exact) mass is 453 g/mol. The molecule has 12 nitrogen and oxygen atoms in total. The van der Waals surface area contributed by atoms with E-state index in [2.05, 4.69) is 30.8 Å². The Bertz CT molecular complexity index is 1230. The van der Waals surface area contributed by atoms with Gasteiger partial charge in [-0.3, -0.25) is 25.2 Å². The number of rotatable bonds is 6. The maximum atomic E-state index is 12.5. The average Bonchev–Trinajstić information content (AvgIpc) is 3.48. The lowest BCUT2D eigenvalue weighted by atomic mass is 9.96. The Balaban J connectivity index is 1.31. The number of nitrogens with one attached hydrogen (secondary N) is 2. The summed E-state index contributed by atoms with van der Waals surface area (Å²) in [5.41, 5.74) is 6.22. The second kappa shape index (κ2) is 8.15. The third-order valence-electron chi connectivity index (χ3n) is 6.00. The molecule has 3 aromatic rings. The summed E-state index contributed by atoms with van der Waals surface area (Å²) in [6.07, 6.45) is 1.35. The van der Waals surface area contributed by atoms with Crippen LogP contribution in [0.1, 0.15) is 31.1 Å². The fourth-order valence-corrected chi connectivity index (χ4v) is 4.22. The molecule has 0 saturated carbocycles. The molecule has 33 heavy (non-hydrogen) atoms. The number of hydrazine groups is 1. The zero-order chi connectivity index (χ0) is 23.2. The number of ether oxygens (including phenoxy) is 1. The van der Waals surface area contributed by atoms with Crippen LogP contribution in [0.3, 0.4) is 0 Å². The van der Waals surface area contributed by atoms with Crippen LogP contribution in [0.5, 0.6) is 0 Å². The first-order valence-corrected chi connectivity index (χ1v) is 10.4. The number of carbonyl (C=O) groups excluding carboxylic acids is 1. The number of amides is 1. The van der Waals surface area contributed by atoms with Gasteiger partial charge in [-0.25, -0.2) is 15.0 Å². The number of nitrogens with zero attached hydrogens (tertiary/aromatic N) is 5. The molecule has 0 radical (unpaired) electrons. The summed E-state index contributed by atoms with van der Waals surface area (Å²) in [7, 11) is 0. The third-order valence-corrected chi connectivity index (χ3v) is 6.00. The highest BCUT2D eigenvalue weighted by molar-refractivity contribution is 5.89. The van der Waals surface area contributed by atoms with Crippen molar-refractivity contribution < 1.29 is 24.9 Å². The molecular formula is C21H23N7O5. The molecule has 4 heterocycles. The van der Waals surface area contributed by atoms with Gasteiger partial charge in [-0.2, -0.15) is 0 Å². The molecular weight excluding hydrogens is 430 g/mol. The number of aromatic nitrogens is 4. The summed E-state index contributed by atoms with van der Waals surface area (Å²) < 4.78 is 7.09. The largest absolute Gasteiger partial charge is 0.394 e. The predicted molar refractivity (Wildman–Crippen MR) is 117 cm³/mol. The van der Waals surface area contributed by atoms with Crippen LogP contribution < -0.4 is 10.9 Å². The van der Waals surface area contributed by atoms with Crippen LogP contribution in [0.2, 0.25) is 0 Å². The molecule has 1 fully saturated rings. The van der Waals surface area contributed by atoms with Gasteiger partial charge < -0.3 is 20.1 Å². The van der Waals surface area contributed by atoms with Crippen LogP contribution in [0.15, 0.2) is 41.9 Å². The number of aliphatic imine (C=N–C) groups is 1. The van der Waals surface area contributed by atoms with Crippen LogP contribution in [0.4, 0.5) is 11.5 Å². The van der Waals surface area contributed by atoms with Gasteiger partial charge in [0.25, 0.3) is 0 Å². The zero-order valence-corrected chi connectivity index (χ0v) is 17.7. The Morgan fingerprint density at radius 3 is 2.88 bits per heavy atom. The van der Waals surface area contributed by atoms with Gasteiger partial charge in [-0.15, -0.1) is 0 Å². The first-order valence-electron chi connectivity index (χ1n) is 10.4. The van der Waals surface area contributed by atoms with Gasteiger partial charge in [-0.05, 0) is 18.6 Å². The number of hydrogen-bond donors (Lipinski definition) is 5. The highest BCUT2D eigenvalue weighted by Gasteiger charge is 2.53. The maximum Gasteiger partial charge on any atom is 0.239 e. The molecule has 0 bridgehead atoms. The minimum atomic E-state index is -1.69. The number of aliphatic hydroxyl groups excluding tert-OH is 2. The number of para-hydroxylation sites is 1. The number of benzene rings is 1. The molecule has 1 aromatic carbocycles. The molecule has 172 valence electrons. The summed E-state index contributed by atoms with van der Waals surface area (Å²) >= 11 is 0. The fourth-order valence-electron chi connectivity index (χ4n) is 4.22. The number of fused-ring (bicyclic) bond motifs is 2. The van der Waals surface area contributed by atoms with E-state index < -0.39 is 30.6 Å². The lowest BCUT2D eigenvalue weighted by Gasteiger charge is -2.27. The van der Waals surface area contributed by atoms with Crippen molar-refractivity contribution in [1.82, 2.24) is 24.9 Å². The minimum absolute atomic E-state index is 0.111. The first kappa shape index (κ1) is 21.4. The van der Waals surface area contributed by atoms with E-state index in [-0.39, 0.29) is 24.1 Å². The van der Waals surface area contributed by atoms with E-state index in [1.165, 1.54) is 24.1 Å². The van der Waals surface area contributed by atoms with Crippen molar-refractivity contribution in [3.8, 4) is 0 Å². The van der Waals surface area contributed by atoms with Crippen molar-refractivity contribution in [2.75, 3.05) is 12.0 Å². The van der Waals surface area contributed by atoms with Crippen LogP contribution in [0, 0.1) is 0 Å². The number of hydrogen-bond acceptors (Lipinski definition) is 10. The van der Waals surface area contributed by atoms with Gasteiger partial charge in [-0.1, -0.05) is 18.2 Å². The lowest BCUT2D eigenvalue weighted by molar-refractivity contribution is -0.120. The van der Waals surface area contributed by atoms with E-state index in [0.717, 1.165) is 11.3 Å². The molecule has 2 aliphatic heterocycles. The number of aliphatic hydroxyl groups is 3. The molecule has 12 heteroatoms. The summed E-state index contributed by atoms with van der Waals surface area (Å²) in [6.45, 7) is 0.958. The minimum Gasteiger partial charge on any atom is -0.394 e. The number of imidazole rings is 1. The average molecular weight is 453 g/mol. The molecule has 2 aromatic heterocycles. The molecule has 1 saturated heterocycles. The second-order valence-corrected chi connectivity index (χ2v) is 8.25. The molecule has 0 aliphatic carbocycles. The number of anilines is 1. The van der Waals surface area contributed by atoms with Crippen LogP contribution in [-0.4, -0.2) is 71.4 Å². The third kappa shape index (κ3) is 3.62. The summed E-state index contributed by atoms with van der Waals surface area (Å²) in [6, 6.07) is 7.67. The lowest BCUT2D eigenvalue weighted by Crippen LogP contribution is -2.44. The highest BCUT2D eigenvalue weighted by Crippen LogP contribution is 2.39. The standard InChI is InChI=1S/C21H23N7O5/c1-21(32)17(31)14(8-29)33-20(21)28-10-25-16-18(23-9-24-19(16)28)27-26-15(30)6-11-7-22-13-5-3-2-4-12(11)13/h2-5,7,9-11,14,17,20,29,31-32H,6,8H2,1H3,(H,26,30)(H,23,24,27)/t11?,14?,17?,20?,21-/m1/s1. The van der Waals surface area contributed by atoms with E-state index in [4.69, 9.17) is 4.74 Å². The van der Waals surface area contributed by atoms with E-state index >= 15 is 0 Å². The van der Waals surface area contributed by atoms with Crippen molar-refractivity contribution in [3.05, 3.63) is 42.5 Å². The highest BCUT2D eigenvalue weighted by atomic mass is 16.6. The van der Waals surface area contributed by atoms with E-state index in [9.17, 15) is 20.1 Å². The summed E-state index contributed by atoms with van der Waals surface area (Å²) in [4.78, 5) is 29.5. The van der Waals surface area contributed by atoms with Gasteiger partial charge in [0.15, 0.2) is 23.2 Å². The van der Waals surface area contributed by atoms with Crippen molar-refractivity contribution in [2.45, 2.75) is 43.3 Å². The Morgan fingerprint density at radius 1 is 1.27 bits per heavy atom. The van der Waals surface area contributed by atoms with E-state index in [1.54, 1.807) is 6.21 Å². The number of carbonyl (C=O) groups is 1. The summed E-state index contributed by atoms with van der Waals surface area (Å²) in [5, 5.41) is 30.4. The first-order chi connectivity index (χ1) is 15.9. The van der Waals surface area contributed by atoms with E-state index in [0.29, 0.717) is 11.2 Å². The smallest absolute Gasteiger partial charge is 0.239 e. The normalized spacial score (nSPS) is 28.2. The van der Waals surface area contributed by atoms with Crippen LogP contribution in [-0.2, 0) is 9.53 Å². The molecule has 5 atom stereocenters. The quantitative estimate of drug-likeness (QED) is 0.327. The van der Waals surface area contributed by atoms with Crippen molar-refractivity contribution in [2.24, 2.45) is 4.99 Å². The molecule has 1 amide bonds. The maximum absolute atomic E-state index is 12.5. The van der Waals surface area contributed by atoms with Crippen molar-refractivity contribution in [1.29, 1.82) is 0 Å². The topological polar surface area (TPSA) is 167 Å². The SMILES string of the molecule is C[C@@]1(O)C(O)C(CO)OC1n1cnc2c(NNC(=O)CC3C=Nc4ccccc43)ncnc21. The molecule has 0 spiro atoms. The van der Waals surface area contributed by atoms with Gasteiger partial charge in [0.2, 0.25) is 5.91 Å². The Labute approximate surface area is 188 Å². The zero-order valence-electron chi connectivity index (χ0n) is 17.7. The van der Waals surface area contributed by atoms with Gasteiger partial charge in [0.1, 0.15) is 24.1 Å². The van der Waals surface area contributed by atoms with Gasteiger partial charge in [0.05, 0.1) is 18.6 Å². The molecule has 5 N–H and O–H groups in total. The Morgan fingerprint density at radius 2 is 2.09 bits per heavy atom. The Kier molecular flexibility index (Phi) is 5.29. The summed E-state index contributed by atoms with van der Waals surface area (Å²) in [5.74, 6) is -0.116. The van der Waals surface area contributed by atoms with Crippen LogP contribution in [0.25, 0.3) is 11.2 Å². The second-order valence-electron chi connectivity index (χ2n) is 8.25. The molecule has 2 aliphatic rings. The van der Waals surface area contributed by atoms with Gasteiger partial charge in [0, 0.05) is 18.6 Å². The van der Waals surface area contributed by atoms with E-state index in [1.807, 2.05) is 24.3 Å². The molecule has 5 rings (SSSR count). The van der Waals surface area contributed by atoms with Crippen molar-refractivity contribution in [3.63, 3.8) is 0 Å². The van der Waals surface area contributed by atoms with Crippen molar-refractivity contribution >= 4 is 34.8 Å². The Hall–Kier alpha value is -3.45. The molecule has 4 unspecified atom stereocenters. The van der Waals surface area contributed by atoms with Crippen LogP contribution >= 0.6 is 0 Å². The fraction of sp³-hybridized carbons (Fsp3) is 0.381. The van der Waals surface area contributed by atoms with Gasteiger partial charge >= 0.3 is 0 Å². The predicted octanol–water partition coefficient (Wildman–Crippen LogP) is 0.161.